The average Bonchev–Trinajstić information content (AvgIpc) is 2.90. The second kappa shape index (κ2) is 24.8. The maximum atomic E-state index is 12.1. The Morgan fingerprint density at radius 3 is 1.60 bits per heavy atom. The van der Waals surface area contributed by atoms with E-state index in [1.807, 2.05) is 12.1 Å². The molecule has 220 valence electrons. The largest absolute Gasteiger partial charge is 0.506 e. The minimum atomic E-state index is -0.653. The first-order valence-corrected chi connectivity index (χ1v) is 16.6. The third-order valence-electron chi connectivity index (χ3n) is 6.37. The number of carboxylic acid groups (broad SMARTS) is 1. The molecular formula is C31H44Br3NO4Zn. The Kier molecular flexibility index (Phi) is 24.3. The summed E-state index contributed by atoms with van der Waals surface area (Å²) in [5, 5.41) is 21.1. The number of amides is 1. The minimum absolute atomic E-state index is 0. The van der Waals surface area contributed by atoms with E-state index in [-0.39, 0.29) is 36.7 Å². The molecule has 0 unspecified atom stereocenters. The van der Waals surface area contributed by atoms with Crippen molar-refractivity contribution in [3.05, 3.63) is 55.4 Å². The number of carbonyl (C=O) groups excluding carboxylic acids is 1. The SMILES string of the molecule is CCCCCCCCCCCCCCCCCC(=O)O.O=C(Nc1ccc(Br)cc1)c1cc(Br)cc(Br)c1O.[Zn]. The van der Waals surface area contributed by atoms with E-state index < -0.39 is 5.97 Å². The summed E-state index contributed by atoms with van der Waals surface area (Å²) in [6, 6.07) is 10.4. The van der Waals surface area contributed by atoms with Crippen molar-refractivity contribution in [2.45, 2.75) is 110 Å². The Balaban J connectivity index is 0.000000742. The van der Waals surface area contributed by atoms with Crippen LogP contribution in [0.1, 0.15) is 120 Å². The smallest absolute Gasteiger partial charge is 0.303 e. The molecule has 2 aromatic carbocycles. The first-order chi connectivity index (χ1) is 18.7. The van der Waals surface area contributed by atoms with Gasteiger partial charge in [0.15, 0.2) is 0 Å². The van der Waals surface area contributed by atoms with Crippen molar-refractivity contribution in [3.63, 3.8) is 0 Å². The van der Waals surface area contributed by atoms with Gasteiger partial charge < -0.3 is 15.5 Å². The van der Waals surface area contributed by atoms with Crippen LogP contribution in [0.2, 0.25) is 0 Å². The molecule has 0 aliphatic rings. The van der Waals surface area contributed by atoms with Crippen molar-refractivity contribution in [1.82, 2.24) is 0 Å². The van der Waals surface area contributed by atoms with Crippen LogP contribution in [0.3, 0.4) is 0 Å². The Bertz CT molecular complexity index is 974. The third kappa shape index (κ3) is 19.4. The molecule has 0 aromatic heterocycles. The molecule has 0 spiro atoms. The fraction of sp³-hybridized carbons (Fsp3) is 0.548. The maximum absolute atomic E-state index is 12.1. The molecule has 0 aliphatic carbocycles. The van der Waals surface area contributed by atoms with Gasteiger partial charge in [0.1, 0.15) is 5.75 Å². The Morgan fingerprint density at radius 1 is 0.700 bits per heavy atom. The molecule has 0 aliphatic heterocycles. The van der Waals surface area contributed by atoms with Crippen molar-refractivity contribution in [2.75, 3.05) is 5.32 Å². The molecule has 0 saturated carbocycles. The molecule has 1 amide bonds. The zero-order valence-electron chi connectivity index (χ0n) is 23.8. The number of phenolic OH excluding ortho intramolecular Hbond substituents is 1. The van der Waals surface area contributed by atoms with Crippen LogP contribution in [0, 0.1) is 0 Å². The van der Waals surface area contributed by atoms with Gasteiger partial charge in [-0.25, -0.2) is 0 Å². The number of carbonyl (C=O) groups is 2. The first kappa shape index (κ1) is 39.2. The summed E-state index contributed by atoms with van der Waals surface area (Å²) >= 11 is 9.80. The second-order valence-corrected chi connectivity index (χ2v) is 12.5. The molecule has 0 heterocycles. The summed E-state index contributed by atoms with van der Waals surface area (Å²) in [7, 11) is 0. The van der Waals surface area contributed by atoms with Crippen molar-refractivity contribution in [3.8, 4) is 5.75 Å². The minimum Gasteiger partial charge on any atom is -0.506 e. The second-order valence-electron chi connectivity index (χ2n) is 9.84. The van der Waals surface area contributed by atoms with Gasteiger partial charge in [-0.3, -0.25) is 9.59 Å². The molecule has 0 radical (unpaired) electrons. The van der Waals surface area contributed by atoms with Crippen LogP contribution < -0.4 is 5.32 Å². The Labute approximate surface area is 278 Å². The van der Waals surface area contributed by atoms with Crippen LogP contribution in [-0.2, 0) is 24.3 Å². The van der Waals surface area contributed by atoms with E-state index in [9.17, 15) is 14.7 Å². The predicted molar refractivity (Wildman–Crippen MR) is 173 cm³/mol. The van der Waals surface area contributed by atoms with Gasteiger partial charge in [0.25, 0.3) is 5.91 Å². The standard InChI is InChI=1S/C18H36O2.C13H8Br3NO2.Zn/c1-2-3-4-5-6-7-8-9-10-11-12-13-14-15-16-17-18(19)20;14-7-1-3-9(4-2-7)17-13(19)10-5-8(15)6-11(16)12(10)18;/h2-17H2,1H3,(H,19,20);1-6,18H,(H,17,19);. The zero-order chi connectivity index (χ0) is 28.9. The van der Waals surface area contributed by atoms with E-state index in [0.717, 1.165) is 17.3 Å². The van der Waals surface area contributed by atoms with Crippen LogP contribution in [0.4, 0.5) is 5.69 Å². The fourth-order valence-electron chi connectivity index (χ4n) is 4.12. The molecule has 2 rings (SSSR count). The first-order valence-electron chi connectivity index (χ1n) is 14.2. The van der Waals surface area contributed by atoms with Crippen LogP contribution in [0.5, 0.6) is 5.75 Å². The Morgan fingerprint density at radius 2 is 1.15 bits per heavy atom. The van der Waals surface area contributed by atoms with Gasteiger partial charge in [-0.05, 0) is 58.7 Å². The van der Waals surface area contributed by atoms with Crippen molar-refractivity contribution in [1.29, 1.82) is 0 Å². The normalized spacial score (nSPS) is 10.3. The number of aromatic hydroxyl groups is 1. The molecule has 40 heavy (non-hydrogen) atoms. The molecular weight excluding hydrogens is 755 g/mol. The van der Waals surface area contributed by atoms with Gasteiger partial charge in [0.05, 0.1) is 10.0 Å². The zero-order valence-corrected chi connectivity index (χ0v) is 31.6. The molecule has 9 heteroatoms. The van der Waals surface area contributed by atoms with Crippen LogP contribution in [0.25, 0.3) is 0 Å². The van der Waals surface area contributed by atoms with Gasteiger partial charge in [0.2, 0.25) is 0 Å². The monoisotopic (exact) mass is 795 g/mol. The van der Waals surface area contributed by atoms with Gasteiger partial charge in [-0.15, -0.1) is 0 Å². The number of rotatable bonds is 18. The number of unbranched alkanes of at least 4 members (excludes halogenated alkanes) is 14. The summed E-state index contributed by atoms with van der Waals surface area (Å²) in [6.07, 6.45) is 20.2. The third-order valence-corrected chi connectivity index (χ3v) is 7.96. The molecule has 5 nitrogen and oxygen atoms in total. The molecule has 0 saturated heterocycles. The number of anilines is 1. The van der Waals surface area contributed by atoms with E-state index in [0.29, 0.717) is 21.1 Å². The van der Waals surface area contributed by atoms with Gasteiger partial charge in [-0.2, -0.15) is 0 Å². The molecule has 0 atom stereocenters. The van der Waals surface area contributed by atoms with E-state index in [2.05, 4.69) is 60.0 Å². The summed E-state index contributed by atoms with van der Waals surface area (Å²) in [6.45, 7) is 2.27. The van der Waals surface area contributed by atoms with E-state index in [1.54, 1.807) is 24.3 Å². The molecule has 2 aromatic rings. The summed E-state index contributed by atoms with van der Waals surface area (Å²) in [5.74, 6) is -1.11. The number of phenols is 1. The molecule has 0 bridgehead atoms. The van der Waals surface area contributed by atoms with Gasteiger partial charge >= 0.3 is 5.97 Å². The van der Waals surface area contributed by atoms with Crippen LogP contribution in [-0.4, -0.2) is 22.1 Å². The summed E-state index contributed by atoms with van der Waals surface area (Å²) in [5.41, 5.74) is 0.855. The fourth-order valence-corrected chi connectivity index (χ4v) is 5.61. The van der Waals surface area contributed by atoms with E-state index in [4.69, 9.17) is 5.11 Å². The number of hydrogen-bond acceptors (Lipinski definition) is 3. The van der Waals surface area contributed by atoms with Gasteiger partial charge in [0, 0.05) is 40.5 Å². The maximum Gasteiger partial charge on any atom is 0.303 e. The number of hydrogen-bond donors (Lipinski definition) is 3. The van der Waals surface area contributed by atoms with Crippen molar-refractivity contribution < 1.29 is 39.3 Å². The summed E-state index contributed by atoms with van der Waals surface area (Å²) in [4.78, 5) is 22.4. The Hall–Kier alpha value is -0.757. The number of aliphatic carboxylic acids is 1. The number of benzene rings is 2. The number of carboxylic acids is 1. The van der Waals surface area contributed by atoms with Gasteiger partial charge in [-0.1, -0.05) is 129 Å². The van der Waals surface area contributed by atoms with E-state index >= 15 is 0 Å². The van der Waals surface area contributed by atoms with Crippen molar-refractivity contribution in [2.24, 2.45) is 0 Å². The molecule has 3 N–H and O–H groups in total. The quantitative estimate of drug-likeness (QED) is 0.104. The molecule has 0 fully saturated rings. The van der Waals surface area contributed by atoms with Crippen molar-refractivity contribution >= 4 is 65.4 Å². The topological polar surface area (TPSA) is 86.6 Å². The van der Waals surface area contributed by atoms with E-state index in [1.165, 1.54) is 83.5 Å². The summed E-state index contributed by atoms with van der Waals surface area (Å²) < 4.78 is 2.10. The number of nitrogens with one attached hydrogen (secondary N) is 1. The van der Waals surface area contributed by atoms with Crippen LogP contribution in [0.15, 0.2) is 49.8 Å². The number of halogens is 3. The average molecular weight is 800 g/mol. The predicted octanol–water partition coefficient (Wildman–Crippen LogP) is 11.3. The van der Waals surface area contributed by atoms with Crippen LogP contribution >= 0.6 is 47.8 Å².